The van der Waals surface area contributed by atoms with E-state index in [9.17, 15) is 18.3 Å². The number of phenolic OH excluding ortho intramolecular Hbond substituents is 1. The van der Waals surface area contributed by atoms with Gasteiger partial charge in [0, 0.05) is 11.1 Å². The summed E-state index contributed by atoms with van der Waals surface area (Å²) in [6, 6.07) is 16.7. The van der Waals surface area contributed by atoms with E-state index in [2.05, 4.69) is 15.6 Å². The number of sulfone groups is 1. The number of aromatic nitrogens is 3. The van der Waals surface area contributed by atoms with Crippen molar-refractivity contribution in [1.29, 1.82) is 0 Å². The first kappa shape index (κ1) is 22.4. The minimum absolute atomic E-state index is 0.118. The fourth-order valence-corrected chi connectivity index (χ4v) is 4.47. The lowest BCUT2D eigenvalue weighted by atomic mass is 10.3. The molecule has 0 atom stereocenters. The molecule has 12 heteroatoms. The number of para-hydroxylation sites is 1. The number of primary amides is 1. The zero-order valence-corrected chi connectivity index (χ0v) is 18.7. The predicted octanol–water partition coefficient (Wildman–Crippen LogP) is 2.96. The maximum atomic E-state index is 12.8. The molecule has 4 aromatic rings. The first-order chi connectivity index (χ1) is 15.7. The van der Waals surface area contributed by atoms with Gasteiger partial charge in [0.1, 0.15) is 22.5 Å². The maximum Gasteiger partial charge on any atom is 0.333 e. The molecule has 0 radical (unpaired) electrons. The number of anilines is 1. The Balaban J connectivity index is 1.52. The van der Waals surface area contributed by atoms with Crippen LogP contribution in [0.3, 0.4) is 0 Å². The van der Waals surface area contributed by atoms with Crippen LogP contribution in [0.2, 0.25) is 5.02 Å². The normalized spacial score (nSPS) is 11.4. The minimum Gasteiger partial charge on any atom is -0.506 e. The van der Waals surface area contributed by atoms with Gasteiger partial charge in [-0.3, -0.25) is 5.43 Å². The Morgan fingerprint density at radius 1 is 1.06 bits per heavy atom. The lowest BCUT2D eigenvalue weighted by molar-refractivity contribution is 0.220. The monoisotopic (exact) mass is 486 g/mol. The molecule has 170 valence electrons. The van der Waals surface area contributed by atoms with Crippen LogP contribution in [0.1, 0.15) is 0 Å². The van der Waals surface area contributed by atoms with Crippen molar-refractivity contribution in [3.8, 4) is 11.4 Å². The third-order valence-electron chi connectivity index (χ3n) is 4.75. The van der Waals surface area contributed by atoms with E-state index in [1.807, 2.05) is 0 Å². The van der Waals surface area contributed by atoms with Crippen molar-refractivity contribution in [3.63, 3.8) is 0 Å². The average molecular weight is 487 g/mol. The lowest BCUT2D eigenvalue weighted by Gasteiger charge is -2.22. The second-order valence-corrected chi connectivity index (χ2v) is 9.61. The second kappa shape index (κ2) is 8.96. The summed E-state index contributed by atoms with van der Waals surface area (Å²) in [5.41, 5.74) is 10.0. The summed E-state index contributed by atoms with van der Waals surface area (Å²) in [5.74, 6) is -0.742. The number of halogens is 1. The van der Waals surface area contributed by atoms with Gasteiger partial charge < -0.3 is 10.8 Å². The Bertz CT molecular complexity index is 1430. The molecule has 0 bridgehead atoms. The number of amides is 2. The highest BCUT2D eigenvalue weighted by Crippen LogP contribution is 2.26. The predicted molar refractivity (Wildman–Crippen MR) is 124 cm³/mol. The number of nitrogens with one attached hydrogen (secondary N) is 1. The topological polar surface area (TPSA) is 143 Å². The quantitative estimate of drug-likeness (QED) is 0.340. The van der Waals surface area contributed by atoms with Crippen molar-refractivity contribution in [3.05, 3.63) is 71.8 Å². The number of carbonyl (C=O) groups excluding carboxylic acids is 1. The molecular weight excluding hydrogens is 468 g/mol. The van der Waals surface area contributed by atoms with E-state index in [4.69, 9.17) is 17.3 Å². The lowest BCUT2D eigenvalue weighted by Crippen LogP contribution is -2.42. The van der Waals surface area contributed by atoms with E-state index in [0.717, 1.165) is 11.1 Å². The molecule has 0 saturated carbocycles. The van der Waals surface area contributed by atoms with Gasteiger partial charge in [-0.15, -0.1) is 15.0 Å². The fourth-order valence-electron chi connectivity index (χ4n) is 3.08. The van der Waals surface area contributed by atoms with Crippen molar-refractivity contribution >= 4 is 44.2 Å². The Hall–Kier alpha value is -3.83. The second-order valence-electron chi connectivity index (χ2n) is 7.06. The molecule has 0 unspecified atom stereocenters. The summed E-state index contributed by atoms with van der Waals surface area (Å²) in [6.45, 7) is -0.206. The number of hydrogen-bond acceptors (Lipinski definition) is 7. The van der Waals surface area contributed by atoms with Crippen molar-refractivity contribution < 1.29 is 18.3 Å². The summed E-state index contributed by atoms with van der Waals surface area (Å²) in [7, 11) is -3.85. The highest BCUT2D eigenvalue weighted by Gasteiger charge is 2.21. The standard InChI is InChI=1S/C21H19ClN6O4S/c22-14-6-8-17-18(12-14)26-28(25-17)19-9-7-16(13-20(19)29)33(31,32)11-10-27(21(23)30)24-15-4-2-1-3-5-15/h1-9,12-13,24,29H,10-11H2,(H2,23,30). The Morgan fingerprint density at radius 2 is 1.79 bits per heavy atom. The third kappa shape index (κ3) is 4.99. The SMILES string of the molecule is NC(=O)N(CCS(=O)(=O)c1ccc(-n2nc3ccc(Cl)cc3n2)c(O)c1)Nc1ccccc1. The number of nitrogens with zero attached hydrogens (tertiary/aromatic N) is 4. The van der Waals surface area contributed by atoms with Crippen LogP contribution < -0.4 is 11.2 Å². The van der Waals surface area contributed by atoms with Gasteiger partial charge in [0.05, 0.1) is 22.9 Å². The number of rotatable bonds is 7. The molecule has 1 aromatic heterocycles. The smallest absolute Gasteiger partial charge is 0.333 e. The van der Waals surface area contributed by atoms with E-state index >= 15 is 0 Å². The van der Waals surface area contributed by atoms with Crippen LogP contribution in [0.25, 0.3) is 16.7 Å². The first-order valence-corrected chi connectivity index (χ1v) is 11.7. The van der Waals surface area contributed by atoms with Gasteiger partial charge in [-0.2, -0.15) is 0 Å². The van der Waals surface area contributed by atoms with Crippen molar-refractivity contribution in [2.75, 3.05) is 17.7 Å². The molecule has 3 aromatic carbocycles. The zero-order valence-electron chi connectivity index (χ0n) is 17.1. The molecule has 4 rings (SSSR count). The van der Waals surface area contributed by atoms with Gasteiger partial charge >= 0.3 is 6.03 Å². The van der Waals surface area contributed by atoms with Gasteiger partial charge in [-0.05, 0) is 42.5 Å². The largest absolute Gasteiger partial charge is 0.506 e. The fraction of sp³-hybridized carbons (Fsp3) is 0.0952. The summed E-state index contributed by atoms with van der Waals surface area (Å²) in [4.78, 5) is 12.8. The summed E-state index contributed by atoms with van der Waals surface area (Å²) in [5, 5.41) is 20.5. The van der Waals surface area contributed by atoms with Crippen LogP contribution in [-0.2, 0) is 9.84 Å². The molecule has 0 aliphatic carbocycles. The van der Waals surface area contributed by atoms with Gasteiger partial charge in [0.2, 0.25) is 0 Å². The summed E-state index contributed by atoms with van der Waals surface area (Å²) in [6.07, 6.45) is 0. The molecule has 4 N–H and O–H groups in total. The number of phenols is 1. The van der Waals surface area contributed by atoms with Crippen LogP contribution in [0.4, 0.5) is 10.5 Å². The Labute approximate surface area is 194 Å². The number of carbonyl (C=O) groups is 1. The Kier molecular flexibility index (Phi) is 6.07. The Morgan fingerprint density at radius 3 is 2.48 bits per heavy atom. The van der Waals surface area contributed by atoms with Crippen molar-refractivity contribution in [1.82, 2.24) is 20.0 Å². The molecule has 0 aliphatic rings. The van der Waals surface area contributed by atoms with Crippen LogP contribution in [-0.4, -0.2) is 51.9 Å². The number of hydrogen-bond donors (Lipinski definition) is 3. The van der Waals surface area contributed by atoms with E-state index in [0.29, 0.717) is 21.7 Å². The molecule has 0 fully saturated rings. The molecule has 0 spiro atoms. The van der Waals surface area contributed by atoms with E-state index in [1.54, 1.807) is 48.5 Å². The highest BCUT2D eigenvalue weighted by atomic mass is 35.5. The summed E-state index contributed by atoms with van der Waals surface area (Å²) >= 11 is 5.96. The number of urea groups is 1. The molecule has 10 nitrogen and oxygen atoms in total. The third-order valence-corrected chi connectivity index (χ3v) is 6.68. The van der Waals surface area contributed by atoms with E-state index < -0.39 is 21.6 Å². The molecule has 0 aliphatic heterocycles. The zero-order chi connectivity index (χ0) is 23.6. The molecule has 0 saturated heterocycles. The van der Waals surface area contributed by atoms with Gasteiger partial charge in [-0.25, -0.2) is 18.2 Å². The molecular formula is C21H19ClN6O4S. The maximum absolute atomic E-state index is 12.8. The van der Waals surface area contributed by atoms with Crippen LogP contribution >= 0.6 is 11.6 Å². The van der Waals surface area contributed by atoms with Crippen molar-refractivity contribution in [2.45, 2.75) is 4.90 Å². The number of nitrogens with two attached hydrogens (primary N) is 1. The van der Waals surface area contributed by atoms with Gasteiger partial charge in [0.15, 0.2) is 9.84 Å². The van der Waals surface area contributed by atoms with E-state index in [1.165, 1.54) is 16.9 Å². The minimum atomic E-state index is -3.85. The molecule has 33 heavy (non-hydrogen) atoms. The van der Waals surface area contributed by atoms with Crippen LogP contribution in [0.5, 0.6) is 5.75 Å². The van der Waals surface area contributed by atoms with Gasteiger partial charge in [0.25, 0.3) is 0 Å². The van der Waals surface area contributed by atoms with Crippen LogP contribution in [0, 0.1) is 0 Å². The summed E-state index contributed by atoms with van der Waals surface area (Å²) < 4.78 is 25.6. The molecule has 2 amide bonds. The number of fused-ring (bicyclic) bond motifs is 1. The first-order valence-electron chi connectivity index (χ1n) is 9.70. The molecule has 1 heterocycles. The van der Waals surface area contributed by atoms with Crippen molar-refractivity contribution in [2.24, 2.45) is 5.73 Å². The highest BCUT2D eigenvalue weighted by molar-refractivity contribution is 7.91. The number of aromatic hydroxyl groups is 1. The average Bonchev–Trinajstić information content (AvgIpc) is 3.19. The number of hydrazine groups is 1. The van der Waals surface area contributed by atoms with E-state index in [-0.39, 0.29) is 22.9 Å². The number of benzene rings is 3. The van der Waals surface area contributed by atoms with Gasteiger partial charge in [-0.1, -0.05) is 29.8 Å². The van der Waals surface area contributed by atoms with Crippen LogP contribution in [0.15, 0.2) is 71.6 Å².